The Morgan fingerprint density at radius 1 is 1.12 bits per heavy atom. The average Bonchev–Trinajstić information content (AvgIpc) is 3.36. The zero-order valence-electron chi connectivity index (χ0n) is 14.3. The lowest BCUT2D eigenvalue weighted by Crippen LogP contribution is -2.26. The molecule has 4 rings (SSSR count). The highest BCUT2D eigenvalue weighted by Crippen LogP contribution is 2.41. The molecule has 0 bridgehead atoms. The fourth-order valence-electron chi connectivity index (χ4n) is 3.23. The number of benzene rings is 2. The van der Waals surface area contributed by atoms with Crippen LogP contribution in [0.3, 0.4) is 0 Å². The molecule has 0 spiro atoms. The van der Waals surface area contributed by atoms with Crippen LogP contribution in [0.2, 0.25) is 0 Å². The molecule has 1 aliphatic heterocycles. The first-order chi connectivity index (χ1) is 12.6. The highest BCUT2D eigenvalue weighted by molar-refractivity contribution is 6.02. The Bertz CT molecular complexity index is 875. The lowest BCUT2D eigenvalue weighted by molar-refractivity contribution is 0.0951. The number of halogens is 1. The van der Waals surface area contributed by atoms with Crippen molar-refractivity contribution >= 4 is 11.8 Å². The summed E-state index contributed by atoms with van der Waals surface area (Å²) in [6.45, 7) is 0.346. The summed E-state index contributed by atoms with van der Waals surface area (Å²) in [4.78, 5) is 24.8. The molecule has 134 valence electrons. The van der Waals surface area contributed by atoms with Crippen molar-refractivity contribution in [3.05, 3.63) is 64.5 Å². The summed E-state index contributed by atoms with van der Waals surface area (Å²) >= 11 is 0. The molecule has 2 amide bonds. The van der Waals surface area contributed by atoms with Gasteiger partial charge in [0.25, 0.3) is 11.8 Å². The van der Waals surface area contributed by atoms with Crippen LogP contribution in [-0.4, -0.2) is 31.5 Å². The molecular weight excluding hydrogens is 335 g/mol. The molecule has 1 atom stereocenters. The molecule has 6 heteroatoms. The first-order valence-corrected chi connectivity index (χ1v) is 8.66. The highest BCUT2D eigenvalue weighted by Gasteiger charge is 2.32. The van der Waals surface area contributed by atoms with E-state index >= 15 is 0 Å². The van der Waals surface area contributed by atoms with Crippen LogP contribution in [0.4, 0.5) is 4.39 Å². The molecule has 2 aliphatic rings. The summed E-state index contributed by atoms with van der Waals surface area (Å²) in [5.74, 6) is -0.465. The smallest absolute Gasteiger partial charge is 0.254 e. The fraction of sp³-hybridized carbons (Fsp3) is 0.300. The van der Waals surface area contributed by atoms with Gasteiger partial charge in [0.15, 0.2) is 0 Å². The minimum Gasteiger partial charge on any atom is -0.491 e. The number of fused-ring (bicyclic) bond motifs is 1. The van der Waals surface area contributed by atoms with Crippen LogP contribution in [0.25, 0.3) is 0 Å². The van der Waals surface area contributed by atoms with Gasteiger partial charge >= 0.3 is 0 Å². The number of nitrogens with one attached hydrogen (secondary N) is 2. The third-order valence-corrected chi connectivity index (χ3v) is 4.81. The molecule has 1 saturated carbocycles. The maximum atomic E-state index is 13.2. The number of ether oxygens (including phenoxy) is 1. The number of carbonyl (C=O) groups excluding carboxylic acids is 2. The Kier molecular flexibility index (Phi) is 4.11. The Labute approximate surface area is 150 Å². The van der Waals surface area contributed by atoms with Crippen molar-refractivity contribution in [3.8, 4) is 5.75 Å². The van der Waals surface area contributed by atoms with E-state index in [0.29, 0.717) is 23.5 Å². The van der Waals surface area contributed by atoms with Gasteiger partial charge in [-0.1, -0.05) is 12.1 Å². The van der Waals surface area contributed by atoms with Crippen molar-refractivity contribution in [3.63, 3.8) is 0 Å². The van der Waals surface area contributed by atoms with E-state index in [0.717, 1.165) is 24.0 Å². The van der Waals surface area contributed by atoms with Gasteiger partial charge in [0.05, 0.1) is 12.2 Å². The fourth-order valence-corrected chi connectivity index (χ4v) is 3.23. The van der Waals surface area contributed by atoms with Gasteiger partial charge in [0.2, 0.25) is 0 Å². The van der Waals surface area contributed by atoms with Crippen molar-refractivity contribution in [1.82, 2.24) is 10.6 Å². The van der Waals surface area contributed by atoms with Gasteiger partial charge in [-0.15, -0.1) is 0 Å². The average molecular weight is 354 g/mol. The molecule has 5 nitrogen and oxygen atoms in total. The molecule has 2 N–H and O–H groups in total. The highest BCUT2D eigenvalue weighted by atomic mass is 19.1. The van der Waals surface area contributed by atoms with Crippen molar-refractivity contribution in [1.29, 1.82) is 0 Å². The Balaban J connectivity index is 1.77. The van der Waals surface area contributed by atoms with Gasteiger partial charge in [-0.25, -0.2) is 4.39 Å². The molecule has 2 aromatic rings. The first-order valence-electron chi connectivity index (χ1n) is 8.66. The van der Waals surface area contributed by atoms with Crippen LogP contribution in [0.1, 0.15) is 50.6 Å². The van der Waals surface area contributed by atoms with E-state index < -0.39 is 0 Å². The van der Waals surface area contributed by atoms with Crippen LogP contribution < -0.4 is 15.4 Å². The second-order valence-electron chi connectivity index (χ2n) is 6.68. The molecule has 1 heterocycles. The normalized spacial score (nSPS) is 18.0. The molecule has 1 aliphatic carbocycles. The van der Waals surface area contributed by atoms with Gasteiger partial charge in [0.1, 0.15) is 11.6 Å². The lowest BCUT2D eigenvalue weighted by atomic mass is 9.90. The summed E-state index contributed by atoms with van der Waals surface area (Å²) in [5, 5.41) is 5.54. The zero-order valence-corrected chi connectivity index (χ0v) is 14.3. The molecule has 26 heavy (non-hydrogen) atoms. The van der Waals surface area contributed by atoms with E-state index in [-0.39, 0.29) is 29.6 Å². The van der Waals surface area contributed by atoms with E-state index in [1.54, 1.807) is 24.3 Å². The number of hydrogen-bond donors (Lipinski definition) is 2. The summed E-state index contributed by atoms with van der Waals surface area (Å²) in [7, 11) is 1.54. The Morgan fingerprint density at radius 3 is 2.50 bits per heavy atom. The number of rotatable bonds is 4. The van der Waals surface area contributed by atoms with Crippen LogP contribution in [0.15, 0.2) is 36.4 Å². The third-order valence-electron chi connectivity index (χ3n) is 4.81. The first kappa shape index (κ1) is 16.6. The molecule has 0 aromatic heterocycles. The van der Waals surface area contributed by atoms with Crippen LogP contribution >= 0.6 is 0 Å². The second-order valence-corrected chi connectivity index (χ2v) is 6.68. The van der Waals surface area contributed by atoms with Crippen molar-refractivity contribution in [2.75, 3.05) is 13.7 Å². The Morgan fingerprint density at radius 2 is 1.85 bits per heavy atom. The zero-order chi connectivity index (χ0) is 18.3. The maximum absolute atomic E-state index is 13.2. The molecular formula is C20H19FN2O3. The van der Waals surface area contributed by atoms with E-state index in [2.05, 4.69) is 10.6 Å². The topological polar surface area (TPSA) is 67.4 Å². The van der Waals surface area contributed by atoms with Gasteiger partial charge in [-0.05, 0) is 42.7 Å². The van der Waals surface area contributed by atoms with E-state index in [4.69, 9.17) is 4.74 Å². The quantitative estimate of drug-likeness (QED) is 0.887. The molecule has 0 saturated heterocycles. The largest absolute Gasteiger partial charge is 0.491 e. The van der Waals surface area contributed by atoms with Crippen molar-refractivity contribution in [2.45, 2.75) is 24.8 Å². The third kappa shape index (κ3) is 3.03. The van der Waals surface area contributed by atoms with Gasteiger partial charge < -0.3 is 15.4 Å². The predicted molar refractivity (Wildman–Crippen MR) is 94.1 cm³/mol. The maximum Gasteiger partial charge on any atom is 0.254 e. The molecule has 2 aromatic carbocycles. The molecule has 1 fully saturated rings. The lowest BCUT2D eigenvalue weighted by Gasteiger charge is -2.13. The molecule has 0 unspecified atom stereocenters. The summed E-state index contributed by atoms with van der Waals surface area (Å²) in [5.41, 5.74) is 2.44. The summed E-state index contributed by atoms with van der Waals surface area (Å²) < 4.78 is 19.0. The molecule has 0 radical (unpaired) electrons. The minimum absolute atomic E-state index is 0.150. The minimum atomic E-state index is -0.309. The van der Waals surface area contributed by atoms with E-state index in [1.807, 2.05) is 0 Å². The van der Waals surface area contributed by atoms with Crippen molar-refractivity contribution < 1.29 is 18.7 Å². The van der Waals surface area contributed by atoms with Crippen LogP contribution in [-0.2, 0) is 0 Å². The van der Waals surface area contributed by atoms with E-state index in [9.17, 15) is 14.0 Å². The monoisotopic (exact) mass is 354 g/mol. The SMILES string of the molecule is CNC(=O)c1cc(C(=O)NC2CC2)cc2c1OC[C@@H]2c1ccc(F)cc1. The standard InChI is InChI=1S/C20H19FN2O3/c1-22-20(25)16-9-12(19(24)23-14-6-7-14)8-15-17(10-26-18(15)16)11-2-4-13(21)5-3-11/h2-5,8-9,14,17H,6-7,10H2,1H3,(H,22,25)(H,23,24)/t17-/m1/s1. The van der Waals surface area contributed by atoms with Crippen LogP contribution in [0, 0.1) is 5.82 Å². The Hall–Kier alpha value is -2.89. The number of hydrogen-bond acceptors (Lipinski definition) is 3. The second kappa shape index (κ2) is 6.44. The summed E-state index contributed by atoms with van der Waals surface area (Å²) in [6.07, 6.45) is 1.97. The number of amides is 2. The van der Waals surface area contributed by atoms with Gasteiger partial charge in [0, 0.05) is 30.1 Å². The van der Waals surface area contributed by atoms with Crippen LogP contribution in [0.5, 0.6) is 5.75 Å². The predicted octanol–water partition coefficient (Wildman–Crippen LogP) is 2.60. The van der Waals surface area contributed by atoms with Crippen molar-refractivity contribution in [2.24, 2.45) is 0 Å². The van der Waals surface area contributed by atoms with Gasteiger partial charge in [-0.2, -0.15) is 0 Å². The van der Waals surface area contributed by atoms with E-state index in [1.165, 1.54) is 19.2 Å². The summed E-state index contributed by atoms with van der Waals surface area (Å²) in [6, 6.07) is 9.78. The number of carbonyl (C=O) groups is 2. The van der Waals surface area contributed by atoms with Gasteiger partial charge in [-0.3, -0.25) is 9.59 Å².